The summed E-state index contributed by atoms with van der Waals surface area (Å²) in [6, 6.07) is -2.30. The molecule has 0 radical (unpaired) electrons. The number of esters is 2. The lowest BCUT2D eigenvalue weighted by Gasteiger charge is -2.38. The average molecular weight is 997 g/mol. The summed E-state index contributed by atoms with van der Waals surface area (Å²) in [5.74, 6) is -4.11. The van der Waals surface area contributed by atoms with Crippen molar-refractivity contribution in [1.82, 2.24) is 5.32 Å². The van der Waals surface area contributed by atoms with Crippen LogP contribution >= 0.6 is 0 Å². The van der Waals surface area contributed by atoms with Crippen LogP contribution in [0.4, 0.5) is 0 Å². The highest BCUT2D eigenvalue weighted by atomic mass is 16.7. The Labute approximate surface area is 411 Å². The molecule has 0 aromatic carbocycles. The summed E-state index contributed by atoms with van der Waals surface area (Å²) in [5, 5.41) is 109. The number of cyclic esters (lactones) is 1. The van der Waals surface area contributed by atoms with Gasteiger partial charge >= 0.3 is 11.9 Å². The monoisotopic (exact) mass is 997 g/mol. The molecule has 2 aliphatic heterocycles. The first kappa shape index (κ1) is 62.1. The van der Waals surface area contributed by atoms with E-state index in [9.17, 15) is 65.4 Å². The van der Waals surface area contributed by atoms with Gasteiger partial charge in [0.05, 0.1) is 93.1 Å². The number of nitrogens with one attached hydrogen (secondary N) is 1. The molecule has 0 aromatic heterocycles. The highest BCUT2D eigenvalue weighted by molar-refractivity contribution is 5.86. The third-order valence-electron chi connectivity index (χ3n) is 11.7. The number of rotatable bonds is 9. The Hall–Kier alpha value is -3.97. The molecule has 398 valence electrons. The van der Waals surface area contributed by atoms with Crippen molar-refractivity contribution in [3.63, 3.8) is 0 Å². The van der Waals surface area contributed by atoms with Gasteiger partial charge in [-0.1, -0.05) is 92.0 Å². The van der Waals surface area contributed by atoms with Gasteiger partial charge in [-0.05, 0) is 46.0 Å². The fraction of sp³-hybridized carbons (Fsp3) is 0.660. The van der Waals surface area contributed by atoms with Crippen LogP contribution in [0.25, 0.3) is 0 Å². The number of carbonyl (C=O) groups excluding carboxylic acids is 3. The van der Waals surface area contributed by atoms with E-state index in [1.807, 2.05) is 25.2 Å². The summed E-state index contributed by atoms with van der Waals surface area (Å²) < 4.78 is 28.1. The fourth-order valence-electron chi connectivity index (χ4n) is 7.52. The number of aliphatic hydroxyl groups excluding tert-OH is 10. The van der Waals surface area contributed by atoms with Crippen LogP contribution in [-0.2, 0) is 38.1 Å². The van der Waals surface area contributed by atoms with Crippen molar-refractivity contribution in [3.05, 3.63) is 85.1 Å². The first-order valence-corrected chi connectivity index (χ1v) is 23.9. The SMILES string of the molecule is COC(=O)[C@H](C)NC(=O)C([C@@H]1CC(O[C@@H]2OC[C@@H](O)[C@H](N)[C@@H]2O)/C=C/C=C/C=C/C=C/C=C/C=C/C=C/[C@H](C)[C@@H](O)C[C@H](C)OC(=O)C[C@H](O)CC(O)CCC(O)C(O)CC(O)CCO1)[C@@H](O)CCO. The van der Waals surface area contributed by atoms with Gasteiger partial charge in [0.1, 0.15) is 18.2 Å². The molecule has 2 rings (SSSR count). The Bertz CT molecular complexity index is 1720. The van der Waals surface area contributed by atoms with Gasteiger partial charge in [0.25, 0.3) is 0 Å². The van der Waals surface area contributed by atoms with E-state index in [4.69, 9.17) is 29.4 Å². The molecule has 1 amide bonds. The first-order chi connectivity index (χ1) is 33.3. The third-order valence-corrected chi connectivity index (χ3v) is 11.7. The van der Waals surface area contributed by atoms with Gasteiger partial charge < -0.3 is 85.8 Å². The van der Waals surface area contributed by atoms with Gasteiger partial charge in [0.2, 0.25) is 5.91 Å². The topological polar surface area (TPSA) is 338 Å². The number of carbonyl (C=O) groups is 3. The molecule has 0 saturated carbocycles. The van der Waals surface area contributed by atoms with Gasteiger partial charge in [-0.25, -0.2) is 4.79 Å². The van der Waals surface area contributed by atoms with Crippen LogP contribution in [0.2, 0.25) is 0 Å². The van der Waals surface area contributed by atoms with E-state index in [2.05, 4.69) is 5.32 Å². The van der Waals surface area contributed by atoms with Crippen LogP contribution in [0.1, 0.15) is 78.6 Å². The zero-order chi connectivity index (χ0) is 52.2. The Kier molecular flexibility index (Phi) is 30.5. The molecule has 1 fully saturated rings. The summed E-state index contributed by atoms with van der Waals surface area (Å²) in [6.07, 6.45) is 6.62. The number of aliphatic hydroxyl groups is 10. The molecular formula is C50H80N2O18. The lowest BCUT2D eigenvalue weighted by atomic mass is 9.88. The summed E-state index contributed by atoms with van der Waals surface area (Å²) in [7, 11) is 1.13. The van der Waals surface area contributed by atoms with E-state index >= 15 is 0 Å². The second-order valence-electron chi connectivity index (χ2n) is 17.8. The molecule has 2 aliphatic rings. The number of ether oxygens (including phenoxy) is 5. The smallest absolute Gasteiger partial charge is 0.328 e. The minimum Gasteiger partial charge on any atom is -0.467 e. The predicted octanol–water partition coefficient (Wildman–Crippen LogP) is -0.0396. The first-order valence-electron chi connectivity index (χ1n) is 23.9. The van der Waals surface area contributed by atoms with Gasteiger partial charge in [0, 0.05) is 38.4 Å². The van der Waals surface area contributed by atoms with Crippen LogP contribution in [-0.4, -0.2) is 187 Å². The van der Waals surface area contributed by atoms with Crippen LogP contribution in [0.15, 0.2) is 85.1 Å². The number of methoxy groups -OCH3 is 1. The van der Waals surface area contributed by atoms with Crippen molar-refractivity contribution in [1.29, 1.82) is 0 Å². The maximum atomic E-state index is 13.9. The third kappa shape index (κ3) is 24.4. The Morgan fingerprint density at radius 1 is 0.743 bits per heavy atom. The summed E-state index contributed by atoms with van der Waals surface area (Å²) in [5.41, 5.74) is 6.01. The fourth-order valence-corrected chi connectivity index (χ4v) is 7.52. The largest absolute Gasteiger partial charge is 0.467 e. The molecule has 70 heavy (non-hydrogen) atoms. The average Bonchev–Trinajstić information content (AvgIpc) is 3.29. The molecule has 0 aromatic rings. The lowest BCUT2D eigenvalue weighted by Crippen LogP contribution is -2.58. The van der Waals surface area contributed by atoms with Gasteiger partial charge in [-0.2, -0.15) is 0 Å². The summed E-state index contributed by atoms with van der Waals surface area (Å²) in [6.45, 7) is 3.70. The normalized spacial score (nSPS) is 37.2. The molecule has 13 N–H and O–H groups in total. The van der Waals surface area contributed by atoms with E-state index in [0.29, 0.717) is 0 Å². The second kappa shape index (κ2) is 34.4. The Morgan fingerprint density at radius 2 is 1.33 bits per heavy atom. The minimum absolute atomic E-state index is 0.0738. The summed E-state index contributed by atoms with van der Waals surface area (Å²) in [4.78, 5) is 38.7. The molecule has 6 unspecified atom stereocenters. The quantitative estimate of drug-likeness (QED) is 0.135. The summed E-state index contributed by atoms with van der Waals surface area (Å²) >= 11 is 0. The van der Waals surface area contributed by atoms with Crippen molar-refractivity contribution < 1.29 is 89.1 Å². The van der Waals surface area contributed by atoms with Crippen LogP contribution in [0.3, 0.4) is 0 Å². The lowest BCUT2D eigenvalue weighted by molar-refractivity contribution is -0.255. The van der Waals surface area contributed by atoms with Crippen molar-refractivity contribution in [2.24, 2.45) is 17.6 Å². The number of allylic oxidation sites excluding steroid dienone is 12. The van der Waals surface area contributed by atoms with E-state index < -0.39 is 128 Å². The van der Waals surface area contributed by atoms with Gasteiger partial charge in [-0.15, -0.1) is 0 Å². The standard InChI is InChI=1S/C50H80N2O18/c1-31-17-15-13-11-9-7-5-6-8-10-12-14-16-18-37(70-50-47(63)46(51)42(61)30-68-50)29-43(45(39(58)21-23-53)48(64)52-33(3)49(65)66-4)67-24-22-35(55)27-41(60)38(57)20-19-34(54)26-36(56)28-44(62)69-32(2)25-40(31)59/h5-18,31-43,45-47,50,53-61,63H,19-30,51H2,1-4H3,(H,52,64)/b6-5+,9-7+,10-8+,13-11+,14-12+,17-15+,18-16+/t31-,32-,33-,34?,35?,36+,37?,38?,39-,40-,41?,42+,43-,45?,46-,47-,50-/m0/s1. The molecular weight excluding hydrogens is 917 g/mol. The highest BCUT2D eigenvalue weighted by Crippen LogP contribution is 2.26. The van der Waals surface area contributed by atoms with Crippen molar-refractivity contribution in [2.45, 2.75) is 170 Å². The zero-order valence-electron chi connectivity index (χ0n) is 40.7. The number of amides is 1. The zero-order valence-corrected chi connectivity index (χ0v) is 40.7. The van der Waals surface area contributed by atoms with E-state index in [1.165, 1.54) is 6.92 Å². The minimum atomic E-state index is -1.56. The number of hydrogen-bond acceptors (Lipinski definition) is 19. The molecule has 0 aliphatic carbocycles. The number of hydrogen-bond donors (Lipinski definition) is 12. The van der Waals surface area contributed by atoms with Gasteiger partial charge in [0.15, 0.2) is 6.29 Å². The Balaban J connectivity index is 2.48. The maximum absolute atomic E-state index is 13.9. The Morgan fingerprint density at radius 3 is 1.93 bits per heavy atom. The highest BCUT2D eigenvalue weighted by Gasteiger charge is 2.41. The van der Waals surface area contributed by atoms with E-state index in [-0.39, 0.29) is 70.5 Å². The second-order valence-corrected chi connectivity index (χ2v) is 17.8. The van der Waals surface area contributed by atoms with Crippen LogP contribution in [0, 0.1) is 11.8 Å². The van der Waals surface area contributed by atoms with E-state index in [0.717, 1.165) is 7.11 Å². The molecule has 0 bridgehead atoms. The number of nitrogens with two attached hydrogens (primary N) is 1. The molecule has 20 nitrogen and oxygen atoms in total. The molecule has 2 heterocycles. The predicted molar refractivity (Wildman–Crippen MR) is 257 cm³/mol. The molecule has 1 saturated heterocycles. The van der Waals surface area contributed by atoms with Crippen molar-refractivity contribution in [3.8, 4) is 0 Å². The molecule has 20 heteroatoms. The maximum Gasteiger partial charge on any atom is 0.328 e. The van der Waals surface area contributed by atoms with Gasteiger partial charge in [-0.3, -0.25) is 9.59 Å². The molecule has 17 atom stereocenters. The van der Waals surface area contributed by atoms with Crippen molar-refractivity contribution >= 4 is 17.8 Å². The van der Waals surface area contributed by atoms with Crippen molar-refractivity contribution in [2.75, 3.05) is 26.9 Å². The van der Waals surface area contributed by atoms with Crippen LogP contribution in [0.5, 0.6) is 0 Å². The van der Waals surface area contributed by atoms with Crippen LogP contribution < -0.4 is 11.1 Å². The van der Waals surface area contributed by atoms with E-state index in [1.54, 1.807) is 73.8 Å². The molecule has 0 spiro atoms.